The molecule has 0 spiro atoms. The molecule has 0 saturated carbocycles. The number of carboxylic acids is 1. The Balaban J connectivity index is 2.35. The smallest absolute Gasteiger partial charge is 0.336 e. The van der Waals surface area contributed by atoms with Crippen LogP contribution in [-0.2, 0) is 0 Å². The van der Waals surface area contributed by atoms with E-state index in [0.717, 1.165) is 13.8 Å². The third-order valence-corrected chi connectivity index (χ3v) is 5.19. The molecule has 0 amide bonds. The van der Waals surface area contributed by atoms with E-state index in [9.17, 15) is 9.90 Å². The van der Waals surface area contributed by atoms with Crippen LogP contribution in [0, 0.1) is 0 Å². The highest BCUT2D eigenvalue weighted by Crippen LogP contribution is 2.33. The van der Waals surface area contributed by atoms with Gasteiger partial charge in [-0.05, 0) is 50.1 Å². The van der Waals surface area contributed by atoms with Gasteiger partial charge in [-0.25, -0.2) is 9.78 Å². The van der Waals surface area contributed by atoms with Crippen LogP contribution in [-0.4, -0.2) is 16.1 Å². The lowest BCUT2D eigenvalue weighted by atomic mass is 10.1. The second-order valence-electron chi connectivity index (χ2n) is 4.13. The summed E-state index contributed by atoms with van der Waals surface area (Å²) in [6.07, 6.45) is 0. The van der Waals surface area contributed by atoms with Crippen LogP contribution < -0.4 is 0 Å². The Hall–Kier alpha value is -1.24. The maximum Gasteiger partial charge on any atom is 0.336 e. The minimum absolute atomic E-state index is 0.260. The van der Waals surface area contributed by atoms with E-state index < -0.39 is 5.97 Å². The van der Waals surface area contributed by atoms with Gasteiger partial charge in [0, 0.05) is 19.7 Å². The lowest BCUT2D eigenvalue weighted by molar-refractivity contribution is 0.0699. The fourth-order valence-corrected chi connectivity index (χ4v) is 3.81. The van der Waals surface area contributed by atoms with Gasteiger partial charge in [0.05, 0.1) is 21.7 Å². The molecule has 0 aliphatic carbocycles. The zero-order valence-corrected chi connectivity index (χ0v) is 13.9. The molecule has 6 heteroatoms. The molecule has 1 aromatic carbocycles. The maximum atomic E-state index is 11.5. The van der Waals surface area contributed by atoms with E-state index in [-0.39, 0.29) is 5.56 Å². The number of halogens is 2. The van der Waals surface area contributed by atoms with Gasteiger partial charge in [0.25, 0.3) is 0 Å². The van der Waals surface area contributed by atoms with E-state index in [4.69, 9.17) is 0 Å². The largest absolute Gasteiger partial charge is 0.478 e. The molecule has 3 nitrogen and oxygen atoms in total. The van der Waals surface area contributed by atoms with Gasteiger partial charge in [0.2, 0.25) is 0 Å². The van der Waals surface area contributed by atoms with Gasteiger partial charge < -0.3 is 5.11 Å². The Kier molecular flexibility index (Phi) is 3.62. The SMILES string of the molecule is O=C(O)c1cc(-c2cc(Br)cs2)nc2c(Br)cccc12. The fraction of sp³-hybridized carbons (Fsp3) is 0. The molecule has 1 N–H and O–H groups in total. The Morgan fingerprint density at radius 1 is 1.25 bits per heavy atom. The monoisotopic (exact) mass is 411 g/mol. The Morgan fingerprint density at radius 3 is 2.70 bits per heavy atom. The Labute approximate surface area is 135 Å². The van der Waals surface area contributed by atoms with Crippen molar-refractivity contribution in [2.45, 2.75) is 0 Å². The average Bonchev–Trinajstić information content (AvgIpc) is 2.85. The van der Waals surface area contributed by atoms with Gasteiger partial charge in [0.15, 0.2) is 0 Å². The highest BCUT2D eigenvalue weighted by atomic mass is 79.9. The van der Waals surface area contributed by atoms with E-state index >= 15 is 0 Å². The lowest BCUT2D eigenvalue weighted by Crippen LogP contribution is -2.00. The highest BCUT2D eigenvalue weighted by molar-refractivity contribution is 9.11. The van der Waals surface area contributed by atoms with Gasteiger partial charge in [-0.1, -0.05) is 12.1 Å². The summed E-state index contributed by atoms with van der Waals surface area (Å²) in [5.41, 5.74) is 1.58. The topological polar surface area (TPSA) is 50.2 Å². The van der Waals surface area contributed by atoms with Crippen LogP contribution in [0.5, 0.6) is 0 Å². The van der Waals surface area contributed by atoms with Crippen molar-refractivity contribution < 1.29 is 9.90 Å². The number of rotatable bonds is 2. The zero-order valence-electron chi connectivity index (χ0n) is 9.93. The number of para-hydroxylation sites is 1. The van der Waals surface area contributed by atoms with Gasteiger partial charge >= 0.3 is 5.97 Å². The molecule has 0 aliphatic heterocycles. The number of thiophene rings is 1. The molecule has 0 saturated heterocycles. The maximum absolute atomic E-state index is 11.5. The number of carboxylic acid groups (broad SMARTS) is 1. The molecule has 0 unspecified atom stereocenters. The summed E-state index contributed by atoms with van der Waals surface area (Å²) in [4.78, 5) is 17.0. The van der Waals surface area contributed by atoms with Gasteiger partial charge in [-0.15, -0.1) is 11.3 Å². The van der Waals surface area contributed by atoms with Gasteiger partial charge in [-0.2, -0.15) is 0 Å². The normalized spacial score (nSPS) is 10.9. The number of hydrogen-bond donors (Lipinski definition) is 1. The summed E-state index contributed by atoms with van der Waals surface area (Å²) in [6.45, 7) is 0. The molecule has 0 atom stereocenters. The number of carbonyl (C=O) groups is 1. The summed E-state index contributed by atoms with van der Waals surface area (Å²) < 4.78 is 1.75. The molecule has 100 valence electrons. The van der Waals surface area contributed by atoms with Crippen LogP contribution in [0.1, 0.15) is 10.4 Å². The first-order chi connectivity index (χ1) is 9.56. The van der Waals surface area contributed by atoms with Crippen LogP contribution >= 0.6 is 43.2 Å². The second kappa shape index (κ2) is 5.27. The van der Waals surface area contributed by atoms with E-state index in [2.05, 4.69) is 36.8 Å². The number of benzene rings is 1. The molecule has 0 aliphatic rings. The summed E-state index contributed by atoms with van der Waals surface area (Å²) in [7, 11) is 0. The van der Waals surface area contributed by atoms with Crippen molar-refractivity contribution in [2.24, 2.45) is 0 Å². The molecule has 20 heavy (non-hydrogen) atoms. The molecule has 3 rings (SSSR count). The number of aromatic carboxylic acids is 1. The van der Waals surface area contributed by atoms with E-state index in [1.807, 2.05) is 23.6 Å². The predicted molar refractivity (Wildman–Crippen MR) is 87.4 cm³/mol. The molecule has 3 aromatic rings. The van der Waals surface area contributed by atoms with Crippen molar-refractivity contribution in [1.29, 1.82) is 0 Å². The number of hydrogen-bond acceptors (Lipinski definition) is 3. The standard InChI is InChI=1S/C14H7Br2NO2S/c15-7-4-12(20-6-7)11-5-9(14(18)19)8-2-1-3-10(16)13(8)17-11/h1-6H,(H,18,19). The lowest BCUT2D eigenvalue weighted by Gasteiger charge is -2.07. The second-order valence-corrected chi connectivity index (χ2v) is 6.81. The minimum atomic E-state index is -0.952. The molecule has 2 heterocycles. The third-order valence-electron chi connectivity index (χ3n) is 2.84. The van der Waals surface area contributed by atoms with Crippen LogP contribution in [0.25, 0.3) is 21.5 Å². The van der Waals surface area contributed by atoms with E-state index in [1.54, 1.807) is 12.1 Å². The molecule has 0 radical (unpaired) electrons. The van der Waals surface area contributed by atoms with Crippen molar-refractivity contribution in [3.8, 4) is 10.6 Å². The number of pyridine rings is 1. The van der Waals surface area contributed by atoms with Crippen LogP contribution in [0.15, 0.2) is 44.7 Å². The van der Waals surface area contributed by atoms with Crippen molar-refractivity contribution in [3.63, 3.8) is 0 Å². The average molecular weight is 413 g/mol. The molecule has 0 bridgehead atoms. The molecular weight excluding hydrogens is 406 g/mol. The number of aromatic nitrogens is 1. The number of nitrogens with zero attached hydrogens (tertiary/aromatic N) is 1. The number of fused-ring (bicyclic) bond motifs is 1. The van der Waals surface area contributed by atoms with Crippen LogP contribution in [0.2, 0.25) is 0 Å². The fourth-order valence-electron chi connectivity index (χ4n) is 1.96. The molecular formula is C14H7Br2NO2S. The minimum Gasteiger partial charge on any atom is -0.478 e. The first-order valence-corrected chi connectivity index (χ1v) is 8.10. The Bertz CT molecular complexity index is 829. The quantitative estimate of drug-likeness (QED) is 0.630. The van der Waals surface area contributed by atoms with Crippen LogP contribution in [0.3, 0.4) is 0 Å². The summed E-state index contributed by atoms with van der Waals surface area (Å²) in [6, 6.07) is 8.98. The summed E-state index contributed by atoms with van der Waals surface area (Å²) in [5.74, 6) is -0.952. The summed E-state index contributed by atoms with van der Waals surface area (Å²) in [5, 5.41) is 12.0. The van der Waals surface area contributed by atoms with Crippen molar-refractivity contribution in [3.05, 3.63) is 50.2 Å². The van der Waals surface area contributed by atoms with Crippen molar-refractivity contribution in [2.75, 3.05) is 0 Å². The third kappa shape index (κ3) is 2.39. The van der Waals surface area contributed by atoms with Crippen LogP contribution in [0.4, 0.5) is 0 Å². The summed E-state index contributed by atoms with van der Waals surface area (Å²) >= 11 is 8.35. The molecule has 2 aromatic heterocycles. The first-order valence-electron chi connectivity index (χ1n) is 5.63. The van der Waals surface area contributed by atoms with E-state index in [1.165, 1.54) is 11.3 Å². The van der Waals surface area contributed by atoms with Gasteiger partial charge in [-0.3, -0.25) is 0 Å². The Morgan fingerprint density at radius 2 is 2.05 bits per heavy atom. The van der Waals surface area contributed by atoms with Crippen molar-refractivity contribution >= 4 is 60.1 Å². The molecule has 0 fully saturated rings. The predicted octanol–water partition coefficient (Wildman–Crippen LogP) is 5.19. The van der Waals surface area contributed by atoms with Crippen molar-refractivity contribution in [1.82, 2.24) is 4.98 Å². The van der Waals surface area contributed by atoms with E-state index in [0.29, 0.717) is 16.6 Å². The highest BCUT2D eigenvalue weighted by Gasteiger charge is 2.15. The zero-order chi connectivity index (χ0) is 14.3. The first kappa shape index (κ1) is 13.7. The van der Waals surface area contributed by atoms with Gasteiger partial charge in [0.1, 0.15) is 0 Å².